The van der Waals surface area contributed by atoms with E-state index in [-0.39, 0.29) is 18.2 Å². The van der Waals surface area contributed by atoms with E-state index >= 15 is 0 Å². The van der Waals surface area contributed by atoms with E-state index in [0.29, 0.717) is 12.1 Å². The Morgan fingerprint density at radius 3 is 2.29 bits per heavy atom. The van der Waals surface area contributed by atoms with Crippen LogP contribution < -0.4 is 10.6 Å². The average Bonchev–Trinajstić information content (AvgIpc) is 2.77. The number of carbonyl (C=O) groups excluding carboxylic acids is 1. The van der Waals surface area contributed by atoms with Gasteiger partial charge in [-0.25, -0.2) is 4.79 Å². The molecule has 0 saturated heterocycles. The van der Waals surface area contributed by atoms with Gasteiger partial charge < -0.3 is 20.5 Å². The molecule has 0 radical (unpaired) electrons. The van der Waals surface area contributed by atoms with Gasteiger partial charge in [-0.3, -0.25) is 0 Å². The maximum Gasteiger partial charge on any atom is 0.407 e. The Hall–Kier alpha value is -0.810. The Bertz CT molecular complexity index is 346. The van der Waals surface area contributed by atoms with E-state index < -0.39 is 5.60 Å². The van der Waals surface area contributed by atoms with Gasteiger partial charge in [-0.05, 0) is 65.7 Å². The summed E-state index contributed by atoms with van der Waals surface area (Å²) < 4.78 is 5.34. The first-order valence-corrected chi connectivity index (χ1v) is 8.27. The van der Waals surface area contributed by atoms with Crippen LogP contribution in [0.1, 0.15) is 65.7 Å². The number of hydrogen-bond donors (Lipinski definition) is 3. The van der Waals surface area contributed by atoms with Crippen LogP contribution in [0.5, 0.6) is 0 Å². The van der Waals surface area contributed by atoms with Crippen molar-refractivity contribution >= 4 is 6.09 Å². The second kappa shape index (κ2) is 6.97. The monoisotopic (exact) mass is 298 g/mol. The molecule has 0 aromatic heterocycles. The summed E-state index contributed by atoms with van der Waals surface area (Å²) in [6.07, 6.45) is 6.61. The smallest absolute Gasteiger partial charge is 0.407 e. The minimum absolute atomic E-state index is 0.123. The molecule has 2 rings (SSSR count). The van der Waals surface area contributed by atoms with Gasteiger partial charge >= 0.3 is 6.09 Å². The third kappa shape index (κ3) is 5.47. The molecule has 0 aromatic carbocycles. The third-order valence-electron chi connectivity index (χ3n) is 4.36. The molecule has 3 N–H and O–H groups in total. The van der Waals surface area contributed by atoms with Crippen molar-refractivity contribution in [3.8, 4) is 0 Å². The highest BCUT2D eigenvalue weighted by atomic mass is 16.6. The normalized spacial score (nSPS) is 33.7. The molecule has 1 amide bonds. The summed E-state index contributed by atoms with van der Waals surface area (Å²) in [5.41, 5.74) is -0.453. The highest BCUT2D eigenvalue weighted by Gasteiger charge is 2.32. The average molecular weight is 298 g/mol. The van der Waals surface area contributed by atoms with Gasteiger partial charge in [-0.1, -0.05) is 0 Å². The third-order valence-corrected chi connectivity index (χ3v) is 4.36. The number of nitrogens with one attached hydrogen (secondary N) is 2. The molecule has 2 fully saturated rings. The molecule has 5 nitrogen and oxygen atoms in total. The van der Waals surface area contributed by atoms with Crippen molar-refractivity contribution < 1.29 is 14.6 Å². The highest BCUT2D eigenvalue weighted by Crippen LogP contribution is 2.24. The van der Waals surface area contributed by atoms with E-state index in [2.05, 4.69) is 10.6 Å². The number of alkyl carbamates (subject to hydrolysis) is 1. The maximum atomic E-state index is 11.9. The maximum absolute atomic E-state index is 11.9. The minimum atomic E-state index is -0.453. The fourth-order valence-electron chi connectivity index (χ4n) is 3.34. The van der Waals surface area contributed by atoms with Crippen LogP contribution in [0, 0.1) is 0 Å². The molecule has 0 spiro atoms. The van der Waals surface area contributed by atoms with Crippen LogP contribution in [-0.4, -0.2) is 41.0 Å². The fraction of sp³-hybridized carbons (Fsp3) is 0.938. The van der Waals surface area contributed by atoms with Crippen LogP contribution >= 0.6 is 0 Å². The predicted molar refractivity (Wildman–Crippen MR) is 82.2 cm³/mol. The van der Waals surface area contributed by atoms with Crippen molar-refractivity contribution in [2.45, 2.75) is 95.5 Å². The lowest BCUT2D eigenvalue weighted by molar-refractivity contribution is 0.0494. The summed E-state index contributed by atoms with van der Waals surface area (Å²) in [6, 6.07) is 0.962. The van der Waals surface area contributed by atoms with Crippen molar-refractivity contribution in [1.29, 1.82) is 0 Å². The van der Waals surface area contributed by atoms with E-state index in [1.54, 1.807) is 0 Å². The molecular weight excluding hydrogens is 268 g/mol. The number of rotatable bonds is 3. The number of carbonyl (C=O) groups is 1. The lowest BCUT2D eigenvalue weighted by Crippen LogP contribution is -2.51. The van der Waals surface area contributed by atoms with Crippen molar-refractivity contribution in [2.24, 2.45) is 0 Å². The summed E-state index contributed by atoms with van der Waals surface area (Å²) >= 11 is 0. The first kappa shape index (κ1) is 16.6. The Kier molecular flexibility index (Phi) is 5.49. The molecule has 2 aliphatic rings. The van der Waals surface area contributed by atoms with Gasteiger partial charge in [0.05, 0.1) is 6.10 Å². The van der Waals surface area contributed by atoms with E-state index in [1.807, 2.05) is 20.8 Å². The highest BCUT2D eigenvalue weighted by molar-refractivity contribution is 5.68. The predicted octanol–water partition coefficient (Wildman–Crippen LogP) is 2.33. The first-order chi connectivity index (χ1) is 9.83. The van der Waals surface area contributed by atoms with Crippen LogP contribution in [0.15, 0.2) is 0 Å². The lowest BCUT2D eigenvalue weighted by Gasteiger charge is -2.32. The van der Waals surface area contributed by atoms with Crippen molar-refractivity contribution in [3.05, 3.63) is 0 Å². The summed E-state index contributed by atoms with van der Waals surface area (Å²) in [5.74, 6) is 0. The Labute approximate surface area is 127 Å². The molecular formula is C16H30N2O3. The van der Waals surface area contributed by atoms with Gasteiger partial charge in [0.2, 0.25) is 0 Å². The second-order valence-corrected chi connectivity index (χ2v) is 7.46. The van der Waals surface area contributed by atoms with Crippen LogP contribution in [0.2, 0.25) is 0 Å². The molecule has 122 valence electrons. The summed E-state index contributed by atoms with van der Waals surface area (Å²) in [7, 11) is 0. The molecule has 2 atom stereocenters. The van der Waals surface area contributed by atoms with Gasteiger partial charge in [0.15, 0.2) is 0 Å². The quantitative estimate of drug-likeness (QED) is 0.748. The van der Waals surface area contributed by atoms with Crippen LogP contribution in [-0.2, 0) is 4.74 Å². The molecule has 0 bridgehead atoms. The number of aliphatic hydroxyl groups excluding tert-OH is 1. The Morgan fingerprint density at radius 2 is 1.67 bits per heavy atom. The molecule has 5 heteroatoms. The molecule has 2 aliphatic carbocycles. The van der Waals surface area contributed by atoms with Gasteiger partial charge in [0.1, 0.15) is 5.60 Å². The fourth-order valence-corrected chi connectivity index (χ4v) is 3.34. The van der Waals surface area contributed by atoms with E-state index in [1.165, 1.54) is 0 Å². The second-order valence-electron chi connectivity index (χ2n) is 7.46. The zero-order chi connectivity index (χ0) is 15.5. The summed E-state index contributed by atoms with van der Waals surface area (Å²) in [5, 5.41) is 16.3. The van der Waals surface area contributed by atoms with Crippen LogP contribution in [0.25, 0.3) is 0 Å². The van der Waals surface area contributed by atoms with Crippen LogP contribution in [0.4, 0.5) is 4.79 Å². The molecule has 21 heavy (non-hydrogen) atoms. The molecule has 0 aromatic rings. The van der Waals surface area contributed by atoms with E-state index in [4.69, 9.17) is 4.74 Å². The molecule has 0 heterocycles. The number of amides is 1. The number of ether oxygens (including phenoxy) is 1. The van der Waals surface area contributed by atoms with Gasteiger partial charge in [-0.15, -0.1) is 0 Å². The van der Waals surface area contributed by atoms with Crippen molar-refractivity contribution in [1.82, 2.24) is 10.6 Å². The van der Waals surface area contributed by atoms with Gasteiger partial charge in [0, 0.05) is 18.1 Å². The number of aliphatic hydroxyl groups is 1. The van der Waals surface area contributed by atoms with Crippen molar-refractivity contribution in [3.63, 3.8) is 0 Å². The molecule has 0 aliphatic heterocycles. The molecule has 2 saturated carbocycles. The standard InChI is InChI=1S/C16H30N2O3/c1-16(2,3)21-15(20)18-14-6-4-5-13(14)17-11-7-9-12(19)10-8-11/h11-14,17,19H,4-10H2,1-3H3,(H,18,20)/t11?,12?,13-,14-/m1/s1. The zero-order valence-electron chi connectivity index (χ0n) is 13.5. The lowest BCUT2D eigenvalue weighted by atomic mass is 9.92. The Balaban J connectivity index is 1.79. The largest absolute Gasteiger partial charge is 0.444 e. The summed E-state index contributed by atoms with van der Waals surface area (Å²) in [6.45, 7) is 5.64. The zero-order valence-corrected chi connectivity index (χ0v) is 13.5. The van der Waals surface area contributed by atoms with E-state index in [0.717, 1.165) is 44.9 Å². The van der Waals surface area contributed by atoms with Crippen molar-refractivity contribution in [2.75, 3.05) is 0 Å². The minimum Gasteiger partial charge on any atom is -0.444 e. The van der Waals surface area contributed by atoms with Gasteiger partial charge in [0.25, 0.3) is 0 Å². The Morgan fingerprint density at radius 1 is 1.05 bits per heavy atom. The number of hydrogen-bond acceptors (Lipinski definition) is 4. The van der Waals surface area contributed by atoms with Gasteiger partial charge in [-0.2, -0.15) is 0 Å². The summed E-state index contributed by atoms with van der Waals surface area (Å²) in [4.78, 5) is 11.9. The first-order valence-electron chi connectivity index (χ1n) is 8.27. The topological polar surface area (TPSA) is 70.6 Å². The molecule has 0 unspecified atom stereocenters. The SMILES string of the molecule is CC(C)(C)OC(=O)N[C@@H]1CCC[C@H]1NC1CCC(O)CC1. The van der Waals surface area contributed by atoms with E-state index in [9.17, 15) is 9.90 Å². The van der Waals surface area contributed by atoms with Crippen LogP contribution in [0.3, 0.4) is 0 Å².